The van der Waals surface area contributed by atoms with E-state index in [1.54, 1.807) is 0 Å². The van der Waals surface area contributed by atoms with E-state index in [1.165, 1.54) is 18.2 Å². The molecule has 1 aliphatic rings. The lowest BCUT2D eigenvalue weighted by Gasteiger charge is -2.18. The molecule has 1 N–H and O–H groups in total. The number of para-hydroxylation sites is 1. The summed E-state index contributed by atoms with van der Waals surface area (Å²) in [5.41, 5.74) is 2.36. The number of fused-ring (bicyclic) bond motifs is 1. The third-order valence-corrected chi connectivity index (χ3v) is 3.45. The average Bonchev–Trinajstić information content (AvgIpc) is 2.72. The SMILES string of the molecule is COC(=O)CCCNCc1cccc2c1OC(C)(C)C2. The molecule has 1 aromatic carbocycles. The van der Waals surface area contributed by atoms with Crippen molar-refractivity contribution in [2.45, 2.75) is 45.3 Å². The molecular formula is C16H23NO3. The van der Waals surface area contributed by atoms with Gasteiger partial charge in [0, 0.05) is 24.9 Å². The highest BCUT2D eigenvalue weighted by Crippen LogP contribution is 2.37. The number of rotatable bonds is 6. The second kappa shape index (κ2) is 6.27. The van der Waals surface area contributed by atoms with Gasteiger partial charge in [-0.25, -0.2) is 0 Å². The minimum Gasteiger partial charge on any atom is -0.487 e. The summed E-state index contributed by atoms with van der Waals surface area (Å²) in [4.78, 5) is 11.0. The molecule has 4 nitrogen and oxygen atoms in total. The van der Waals surface area contributed by atoms with Gasteiger partial charge in [-0.1, -0.05) is 18.2 Å². The van der Waals surface area contributed by atoms with Gasteiger partial charge < -0.3 is 14.8 Å². The van der Waals surface area contributed by atoms with E-state index < -0.39 is 0 Å². The zero-order valence-electron chi connectivity index (χ0n) is 12.5. The Morgan fingerprint density at radius 2 is 2.25 bits per heavy atom. The van der Waals surface area contributed by atoms with Gasteiger partial charge in [-0.05, 0) is 32.4 Å². The molecule has 0 amide bonds. The van der Waals surface area contributed by atoms with Gasteiger partial charge in [-0.3, -0.25) is 4.79 Å². The normalized spacial score (nSPS) is 15.6. The first-order valence-electron chi connectivity index (χ1n) is 7.09. The van der Waals surface area contributed by atoms with E-state index in [-0.39, 0.29) is 11.6 Å². The largest absolute Gasteiger partial charge is 0.487 e. The second-order valence-electron chi connectivity index (χ2n) is 5.80. The van der Waals surface area contributed by atoms with Gasteiger partial charge in [0.25, 0.3) is 0 Å². The number of nitrogens with one attached hydrogen (secondary N) is 1. The van der Waals surface area contributed by atoms with Crippen LogP contribution in [0.3, 0.4) is 0 Å². The third kappa shape index (κ3) is 3.73. The number of ether oxygens (including phenoxy) is 2. The maximum absolute atomic E-state index is 11.0. The fraction of sp³-hybridized carbons (Fsp3) is 0.562. The van der Waals surface area contributed by atoms with E-state index in [1.807, 2.05) is 0 Å². The molecule has 0 saturated heterocycles. The molecule has 0 unspecified atom stereocenters. The minimum atomic E-state index is -0.155. The zero-order valence-corrected chi connectivity index (χ0v) is 12.5. The molecule has 4 heteroatoms. The Morgan fingerprint density at radius 1 is 1.45 bits per heavy atom. The van der Waals surface area contributed by atoms with E-state index >= 15 is 0 Å². The summed E-state index contributed by atoms with van der Waals surface area (Å²) in [7, 11) is 1.42. The maximum atomic E-state index is 11.0. The van der Waals surface area contributed by atoms with Gasteiger partial charge in [0.1, 0.15) is 11.4 Å². The second-order valence-corrected chi connectivity index (χ2v) is 5.80. The molecular weight excluding hydrogens is 254 g/mol. The van der Waals surface area contributed by atoms with Gasteiger partial charge in [-0.2, -0.15) is 0 Å². The molecule has 0 radical (unpaired) electrons. The van der Waals surface area contributed by atoms with Crippen LogP contribution in [0, 0.1) is 0 Å². The summed E-state index contributed by atoms with van der Waals surface area (Å²) >= 11 is 0. The fourth-order valence-electron chi connectivity index (χ4n) is 2.50. The predicted molar refractivity (Wildman–Crippen MR) is 77.8 cm³/mol. The number of hydrogen-bond acceptors (Lipinski definition) is 4. The van der Waals surface area contributed by atoms with Crippen LogP contribution in [-0.4, -0.2) is 25.2 Å². The Balaban J connectivity index is 1.83. The highest BCUT2D eigenvalue weighted by Gasteiger charge is 2.31. The minimum absolute atomic E-state index is 0.108. The van der Waals surface area contributed by atoms with E-state index in [0.29, 0.717) is 6.42 Å². The summed E-state index contributed by atoms with van der Waals surface area (Å²) in [5.74, 6) is 0.871. The summed E-state index contributed by atoms with van der Waals surface area (Å²) in [6.45, 7) is 5.78. The summed E-state index contributed by atoms with van der Waals surface area (Å²) in [5, 5.41) is 3.35. The first-order valence-corrected chi connectivity index (χ1v) is 7.09. The van der Waals surface area contributed by atoms with Crippen LogP contribution in [0.4, 0.5) is 0 Å². The van der Waals surface area contributed by atoms with Gasteiger partial charge in [0.15, 0.2) is 0 Å². The van der Waals surface area contributed by atoms with Crippen molar-refractivity contribution >= 4 is 5.97 Å². The van der Waals surface area contributed by atoms with E-state index in [2.05, 4.69) is 42.1 Å². The standard InChI is InChI=1S/C16H23NO3/c1-16(2)10-12-6-4-7-13(15(12)20-16)11-17-9-5-8-14(18)19-3/h4,6-7,17H,5,8-11H2,1-3H3. The molecule has 0 aliphatic carbocycles. The number of benzene rings is 1. The van der Waals surface area contributed by atoms with Crippen molar-refractivity contribution in [3.8, 4) is 5.75 Å². The van der Waals surface area contributed by atoms with Crippen molar-refractivity contribution < 1.29 is 14.3 Å². The molecule has 0 spiro atoms. The molecule has 0 aromatic heterocycles. The van der Waals surface area contributed by atoms with Crippen molar-refractivity contribution in [1.29, 1.82) is 0 Å². The van der Waals surface area contributed by atoms with Gasteiger partial charge in [0.05, 0.1) is 7.11 Å². The molecule has 110 valence electrons. The molecule has 0 fully saturated rings. The lowest BCUT2D eigenvalue weighted by atomic mass is 10.0. The van der Waals surface area contributed by atoms with Crippen LogP contribution in [-0.2, 0) is 22.5 Å². The number of carbonyl (C=O) groups is 1. The van der Waals surface area contributed by atoms with Crippen LogP contribution in [0.2, 0.25) is 0 Å². The summed E-state index contributed by atoms with van der Waals surface area (Å²) < 4.78 is 10.6. The average molecular weight is 277 g/mol. The highest BCUT2D eigenvalue weighted by atomic mass is 16.5. The van der Waals surface area contributed by atoms with Crippen molar-refractivity contribution in [2.75, 3.05) is 13.7 Å². The van der Waals surface area contributed by atoms with Crippen LogP contribution < -0.4 is 10.1 Å². The van der Waals surface area contributed by atoms with Gasteiger partial charge >= 0.3 is 5.97 Å². The molecule has 0 bridgehead atoms. The van der Waals surface area contributed by atoms with Crippen LogP contribution in [0.1, 0.15) is 37.8 Å². The lowest BCUT2D eigenvalue weighted by molar-refractivity contribution is -0.140. The van der Waals surface area contributed by atoms with E-state index in [9.17, 15) is 4.79 Å². The Hall–Kier alpha value is -1.55. The van der Waals surface area contributed by atoms with Crippen LogP contribution in [0.25, 0.3) is 0 Å². The highest BCUT2D eigenvalue weighted by molar-refractivity contribution is 5.69. The number of methoxy groups -OCH3 is 1. The first-order chi connectivity index (χ1) is 9.52. The number of esters is 1. The quantitative estimate of drug-likeness (QED) is 0.641. The maximum Gasteiger partial charge on any atom is 0.305 e. The Morgan fingerprint density at radius 3 is 3.00 bits per heavy atom. The first kappa shape index (κ1) is 14.9. The van der Waals surface area contributed by atoms with Crippen LogP contribution in [0.5, 0.6) is 5.75 Å². The Labute approximate surface area is 120 Å². The molecule has 20 heavy (non-hydrogen) atoms. The van der Waals surface area contributed by atoms with Crippen molar-refractivity contribution in [3.05, 3.63) is 29.3 Å². The topological polar surface area (TPSA) is 47.6 Å². The number of hydrogen-bond donors (Lipinski definition) is 1. The number of carbonyl (C=O) groups excluding carboxylic acids is 1. The third-order valence-electron chi connectivity index (χ3n) is 3.45. The van der Waals surface area contributed by atoms with Crippen LogP contribution in [0.15, 0.2) is 18.2 Å². The molecule has 1 aromatic rings. The van der Waals surface area contributed by atoms with Gasteiger partial charge in [-0.15, -0.1) is 0 Å². The van der Waals surface area contributed by atoms with E-state index in [4.69, 9.17) is 4.74 Å². The summed E-state index contributed by atoms with van der Waals surface area (Å²) in [6.07, 6.45) is 2.20. The Bertz CT molecular complexity index is 483. The molecule has 0 saturated carbocycles. The van der Waals surface area contributed by atoms with Crippen LogP contribution >= 0.6 is 0 Å². The lowest BCUT2D eigenvalue weighted by Crippen LogP contribution is -2.25. The molecule has 0 atom stereocenters. The van der Waals surface area contributed by atoms with Crippen molar-refractivity contribution in [3.63, 3.8) is 0 Å². The van der Waals surface area contributed by atoms with Gasteiger partial charge in [0.2, 0.25) is 0 Å². The molecule has 2 rings (SSSR count). The van der Waals surface area contributed by atoms with Crippen molar-refractivity contribution in [2.24, 2.45) is 0 Å². The van der Waals surface area contributed by atoms with Crippen molar-refractivity contribution in [1.82, 2.24) is 5.32 Å². The zero-order chi connectivity index (χ0) is 14.6. The smallest absolute Gasteiger partial charge is 0.305 e. The fourth-order valence-corrected chi connectivity index (χ4v) is 2.50. The monoisotopic (exact) mass is 277 g/mol. The molecule has 1 aliphatic heterocycles. The predicted octanol–water partition coefficient (Wildman–Crippen LogP) is 2.44. The summed E-state index contributed by atoms with van der Waals surface area (Å²) in [6, 6.07) is 6.30. The van der Waals surface area contributed by atoms with E-state index in [0.717, 1.165) is 31.7 Å². The molecule has 1 heterocycles. The Kier molecular flexibility index (Phi) is 4.65.